The van der Waals surface area contributed by atoms with Gasteiger partial charge in [0.1, 0.15) is 12.1 Å². The van der Waals surface area contributed by atoms with Gasteiger partial charge in [-0.05, 0) is 54.7 Å². The smallest absolute Gasteiger partial charge is 0.233 e. The molecule has 5 nitrogen and oxygen atoms in total. The number of rotatable bonds is 7. The lowest BCUT2D eigenvalue weighted by atomic mass is 9.78. The molecule has 1 amide bonds. The molecule has 0 radical (unpaired) electrons. The molecule has 3 aromatic rings. The topological polar surface area (TPSA) is 55.3 Å². The Morgan fingerprint density at radius 1 is 1.00 bits per heavy atom. The van der Waals surface area contributed by atoms with Gasteiger partial charge in [0.15, 0.2) is 0 Å². The molecule has 2 atom stereocenters. The van der Waals surface area contributed by atoms with E-state index >= 15 is 0 Å². The van der Waals surface area contributed by atoms with Crippen LogP contribution in [-0.2, 0) is 11.2 Å². The second-order valence-electron chi connectivity index (χ2n) is 7.01. The average molecular weight is 373 g/mol. The van der Waals surface area contributed by atoms with Crippen molar-refractivity contribution in [1.82, 2.24) is 9.97 Å². The first-order valence-electron chi connectivity index (χ1n) is 9.54. The number of aryl methyl sites for hydroxylation is 1. The molecular formula is C23H23N3O2. The van der Waals surface area contributed by atoms with Gasteiger partial charge in [-0.25, -0.2) is 9.97 Å². The number of nitrogens with zero attached hydrogens (tertiary/aromatic N) is 3. The summed E-state index contributed by atoms with van der Waals surface area (Å²) < 4.78 is 5.28. The van der Waals surface area contributed by atoms with E-state index < -0.39 is 0 Å². The van der Waals surface area contributed by atoms with Gasteiger partial charge < -0.3 is 9.64 Å². The molecule has 1 aliphatic rings. The van der Waals surface area contributed by atoms with Crippen LogP contribution in [0.3, 0.4) is 0 Å². The van der Waals surface area contributed by atoms with E-state index in [4.69, 9.17) is 4.74 Å². The number of amides is 1. The molecule has 2 heterocycles. The fourth-order valence-electron chi connectivity index (χ4n) is 3.87. The Labute approximate surface area is 165 Å². The van der Waals surface area contributed by atoms with Crippen molar-refractivity contribution in [1.29, 1.82) is 0 Å². The molecule has 0 N–H and O–H groups in total. The summed E-state index contributed by atoms with van der Waals surface area (Å²) in [5.74, 6) is 0.996. The molecule has 1 aliphatic heterocycles. The molecule has 1 aromatic heterocycles. The number of anilines is 1. The number of benzene rings is 2. The number of carbonyl (C=O) groups is 1. The van der Waals surface area contributed by atoms with Gasteiger partial charge >= 0.3 is 0 Å². The summed E-state index contributed by atoms with van der Waals surface area (Å²) in [5.41, 5.74) is 3.19. The zero-order valence-electron chi connectivity index (χ0n) is 15.9. The second kappa shape index (κ2) is 8.21. The van der Waals surface area contributed by atoms with Crippen LogP contribution in [0.25, 0.3) is 0 Å². The highest BCUT2D eigenvalue weighted by Crippen LogP contribution is 2.45. The summed E-state index contributed by atoms with van der Waals surface area (Å²) in [4.78, 5) is 23.0. The number of ether oxygens (including phenoxy) is 1. The number of hydrogen-bond acceptors (Lipinski definition) is 4. The van der Waals surface area contributed by atoms with Crippen molar-refractivity contribution in [2.45, 2.75) is 25.3 Å². The van der Waals surface area contributed by atoms with E-state index in [1.807, 2.05) is 59.8 Å². The monoisotopic (exact) mass is 373 g/mol. The highest BCUT2D eigenvalue weighted by Gasteiger charge is 2.48. The first-order chi connectivity index (χ1) is 13.8. The SMILES string of the molecule is COc1ccc([C@@H]2[C@@H](CCCc3cncnc3)C(=O)N2c2ccccc2)cc1. The quantitative estimate of drug-likeness (QED) is 0.582. The highest BCUT2D eigenvalue weighted by atomic mass is 16.5. The van der Waals surface area contributed by atoms with Crippen LogP contribution in [0.2, 0.25) is 0 Å². The molecule has 0 aliphatic carbocycles. The lowest BCUT2D eigenvalue weighted by molar-refractivity contribution is -0.130. The largest absolute Gasteiger partial charge is 0.497 e. The van der Waals surface area contributed by atoms with E-state index in [9.17, 15) is 4.79 Å². The number of carbonyl (C=O) groups excluding carboxylic acids is 1. The number of hydrogen-bond donors (Lipinski definition) is 0. The van der Waals surface area contributed by atoms with Crippen LogP contribution in [0.15, 0.2) is 73.3 Å². The van der Waals surface area contributed by atoms with Crippen molar-refractivity contribution in [3.8, 4) is 5.75 Å². The van der Waals surface area contributed by atoms with Crippen LogP contribution < -0.4 is 9.64 Å². The normalized spacial score (nSPS) is 18.6. The Kier molecular flexibility index (Phi) is 5.33. The Morgan fingerprint density at radius 3 is 2.39 bits per heavy atom. The summed E-state index contributed by atoms with van der Waals surface area (Å²) in [6, 6.07) is 18.0. The average Bonchev–Trinajstić information content (AvgIpc) is 2.76. The van der Waals surface area contributed by atoms with Crippen LogP contribution in [0, 0.1) is 5.92 Å². The van der Waals surface area contributed by atoms with Crippen molar-refractivity contribution < 1.29 is 9.53 Å². The Bertz CT molecular complexity index is 914. The van der Waals surface area contributed by atoms with Crippen molar-refractivity contribution in [3.05, 3.63) is 84.4 Å². The molecule has 28 heavy (non-hydrogen) atoms. The third kappa shape index (κ3) is 3.60. The number of para-hydroxylation sites is 1. The van der Waals surface area contributed by atoms with Gasteiger partial charge in [0.05, 0.1) is 19.1 Å². The molecule has 1 fully saturated rings. The first-order valence-corrected chi connectivity index (χ1v) is 9.54. The minimum atomic E-state index is -0.0155. The maximum atomic E-state index is 13.0. The van der Waals surface area contributed by atoms with E-state index in [0.717, 1.165) is 41.8 Å². The van der Waals surface area contributed by atoms with E-state index in [1.165, 1.54) is 6.33 Å². The zero-order valence-corrected chi connectivity index (χ0v) is 15.9. The molecular weight excluding hydrogens is 350 g/mol. The number of β-lactam (4-membered cyclic amide) rings is 1. The summed E-state index contributed by atoms with van der Waals surface area (Å²) in [6.07, 6.45) is 7.87. The minimum absolute atomic E-state index is 0.0155. The molecule has 142 valence electrons. The first kappa shape index (κ1) is 18.2. The molecule has 0 unspecified atom stereocenters. The third-order valence-corrected chi connectivity index (χ3v) is 5.30. The van der Waals surface area contributed by atoms with Crippen molar-refractivity contribution >= 4 is 11.6 Å². The predicted molar refractivity (Wildman–Crippen MR) is 108 cm³/mol. The third-order valence-electron chi connectivity index (χ3n) is 5.30. The van der Waals surface area contributed by atoms with Crippen LogP contribution in [0.4, 0.5) is 5.69 Å². The summed E-state index contributed by atoms with van der Waals surface area (Å²) in [7, 11) is 1.66. The number of aromatic nitrogens is 2. The van der Waals surface area contributed by atoms with Crippen LogP contribution >= 0.6 is 0 Å². The molecule has 0 bridgehead atoms. The van der Waals surface area contributed by atoms with Gasteiger partial charge in [0.25, 0.3) is 0 Å². The lowest BCUT2D eigenvalue weighted by Crippen LogP contribution is -2.55. The van der Waals surface area contributed by atoms with Gasteiger partial charge in [-0.1, -0.05) is 30.3 Å². The predicted octanol–water partition coefficient (Wildman–Crippen LogP) is 4.21. The van der Waals surface area contributed by atoms with E-state index in [-0.39, 0.29) is 17.9 Å². The fraction of sp³-hybridized carbons (Fsp3) is 0.261. The van der Waals surface area contributed by atoms with Gasteiger partial charge in [-0.3, -0.25) is 4.79 Å². The van der Waals surface area contributed by atoms with Crippen molar-refractivity contribution in [3.63, 3.8) is 0 Å². The van der Waals surface area contributed by atoms with Crippen molar-refractivity contribution in [2.75, 3.05) is 12.0 Å². The lowest BCUT2D eigenvalue weighted by Gasteiger charge is -2.47. The summed E-state index contributed by atoms with van der Waals surface area (Å²) in [5, 5.41) is 0. The van der Waals surface area contributed by atoms with Crippen molar-refractivity contribution in [2.24, 2.45) is 5.92 Å². The maximum absolute atomic E-state index is 13.0. The maximum Gasteiger partial charge on any atom is 0.233 e. The summed E-state index contributed by atoms with van der Waals surface area (Å²) in [6.45, 7) is 0. The van der Waals surface area contributed by atoms with E-state index in [1.54, 1.807) is 7.11 Å². The van der Waals surface area contributed by atoms with E-state index in [2.05, 4.69) is 22.1 Å². The Morgan fingerprint density at radius 2 is 1.71 bits per heavy atom. The second-order valence-corrected chi connectivity index (χ2v) is 7.01. The molecule has 1 saturated heterocycles. The fourth-order valence-corrected chi connectivity index (χ4v) is 3.87. The molecule has 2 aromatic carbocycles. The van der Waals surface area contributed by atoms with Gasteiger partial charge in [-0.15, -0.1) is 0 Å². The molecule has 4 rings (SSSR count). The highest BCUT2D eigenvalue weighted by molar-refractivity contribution is 6.03. The number of methoxy groups -OCH3 is 1. The minimum Gasteiger partial charge on any atom is -0.497 e. The van der Waals surface area contributed by atoms with Crippen LogP contribution in [0.1, 0.15) is 30.0 Å². The molecule has 0 saturated carbocycles. The molecule has 5 heteroatoms. The van der Waals surface area contributed by atoms with Gasteiger partial charge in [0.2, 0.25) is 5.91 Å². The van der Waals surface area contributed by atoms with Gasteiger partial charge in [-0.2, -0.15) is 0 Å². The Balaban J connectivity index is 1.53. The standard InChI is InChI=1S/C23H23N3O2/c1-28-20-12-10-18(11-13-20)22-21(9-5-6-17-14-24-16-25-15-17)23(27)26(22)19-7-3-2-4-8-19/h2-4,7-8,10-16,21-22H,5-6,9H2,1H3/t21-,22-/m1/s1. The van der Waals surface area contributed by atoms with Crippen LogP contribution in [-0.4, -0.2) is 23.0 Å². The Hall–Kier alpha value is -3.21. The zero-order chi connectivity index (χ0) is 19.3. The summed E-state index contributed by atoms with van der Waals surface area (Å²) >= 11 is 0. The van der Waals surface area contributed by atoms with E-state index in [0.29, 0.717) is 0 Å². The molecule has 0 spiro atoms. The van der Waals surface area contributed by atoms with Gasteiger partial charge in [0, 0.05) is 18.1 Å². The van der Waals surface area contributed by atoms with Crippen LogP contribution in [0.5, 0.6) is 5.75 Å².